The molecule has 0 aliphatic carbocycles. The molecule has 1 aliphatic rings. The van der Waals surface area contributed by atoms with Gasteiger partial charge in [0.25, 0.3) is 0 Å². The largest absolute Gasteiger partial charge is 0.460 e. The Bertz CT molecular complexity index is 740. The van der Waals surface area contributed by atoms with Gasteiger partial charge in [0.1, 0.15) is 5.76 Å². The lowest BCUT2D eigenvalue weighted by Gasteiger charge is -2.34. The minimum Gasteiger partial charge on any atom is -0.460 e. The van der Waals surface area contributed by atoms with Crippen LogP contribution in [0.15, 0.2) is 28.7 Å². The Balaban J connectivity index is 2.09. The van der Waals surface area contributed by atoms with Gasteiger partial charge >= 0.3 is 5.97 Å². The van der Waals surface area contributed by atoms with Gasteiger partial charge in [0.2, 0.25) is 5.76 Å². The van der Waals surface area contributed by atoms with E-state index in [-0.39, 0.29) is 11.2 Å². The molecule has 0 saturated carbocycles. The average molecular weight is 314 g/mol. The molecule has 0 radical (unpaired) electrons. The standard InChI is InChI=1S/C19H22O4/c1-5-22-18(20)16-9-8-15(23-16)17-12(2)6-7-14-13(17)10-21-11-19(14,3)4/h6-9H,5,10-11H2,1-4H3. The predicted molar refractivity (Wildman–Crippen MR) is 87.5 cm³/mol. The molecule has 0 bridgehead atoms. The molecule has 2 heterocycles. The molecule has 0 unspecified atom stereocenters. The van der Waals surface area contributed by atoms with E-state index in [1.807, 2.05) is 13.0 Å². The SMILES string of the molecule is CCOC(=O)c1ccc(-c2c(C)ccc3c2COCC3(C)C)o1. The summed E-state index contributed by atoms with van der Waals surface area (Å²) in [6.45, 7) is 9.77. The number of benzene rings is 1. The van der Waals surface area contributed by atoms with Crippen LogP contribution in [-0.4, -0.2) is 19.2 Å². The fourth-order valence-corrected chi connectivity index (χ4v) is 3.16. The highest BCUT2D eigenvalue weighted by atomic mass is 16.5. The first-order valence-electron chi connectivity index (χ1n) is 7.92. The Kier molecular flexibility index (Phi) is 4.02. The van der Waals surface area contributed by atoms with Gasteiger partial charge in [0.05, 0.1) is 19.8 Å². The molecule has 1 aromatic carbocycles. The number of ether oxygens (including phenoxy) is 2. The molecule has 2 aromatic rings. The zero-order chi connectivity index (χ0) is 16.6. The van der Waals surface area contributed by atoms with Crippen LogP contribution in [-0.2, 0) is 21.5 Å². The van der Waals surface area contributed by atoms with Crippen molar-refractivity contribution in [3.05, 3.63) is 46.7 Å². The Hall–Kier alpha value is -2.07. The smallest absolute Gasteiger partial charge is 0.374 e. The van der Waals surface area contributed by atoms with Crippen LogP contribution < -0.4 is 0 Å². The quantitative estimate of drug-likeness (QED) is 0.795. The van der Waals surface area contributed by atoms with Crippen molar-refractivity contribution in [2.45, 2.75) is 39.7 Å². The van der Waals surface area contributed by atoms with Crippen LogP contribution in [0.4, 0.5) is 0 Å². The molecule has 122 valence electrons. The van der Waals surface area contributed by atoms with E-state index in [0.717, 1.165) is 16.7 Å². The van der Waals surface area contributed by atoms with Gasteiger partial charge in [-0.15, -0.1) is 0 Å². The van der Waals surface area contributed by atoms with Crippen LogP contribution in [0, 0.1) is 6.92 Å². The summed E-state index contributed by atoms with van der Waals surface area (Å²) in [5.41, 5.74) is 4.51. The first-order valence-corrected chi connectivity index (χ1v) is 7.92. The van der Waals surface area contributed by atoms with Crippen molar-refractivity contribution in [1.82, 2.24) is 0 Å². The number of fused-ring (bicyclic) bond motifs is 1. The van der Waals surface area contributed by atoms with E-state index in [1.165, 1.54) is 5.56 Å². The van der Waals surface area contributed by atoms with Crippen LogP contribution >= 0.6 is 0 Å². The third-order valence-corrected chi connectivity index (χ3v) is 4.29. The summed E-state index contributed by atoms with van der Waals surface area (Å²) in [7, 11) is 0. The van der Waals surface area contributed by atoms with Gasteiger partial charge in [0.15, 0.2) is 0 Å². The Labute approximate surface area is 136 Å². The molecule has 0 amide bonds. The normalized spacial score (nSPS) is 16.0. The van der Waals surface area contributed by atoms with Gasteiger partial charge < -0.3 is 13.9 Å². The molecular weight excluding hydrogens is 292 g/mol. The summed E-state index contributed by atoms with van der Waals surface area (Å²) in [6.07, 6.45) is 0. The molecule has 3 rings (SSSR count). The maximum atomic E-state index is 11.8. The van der Waals surface area contributed by atoms with Crippen LogP contribution in [0.1, 0.15) is 48.0 Å². The van der Waals surface area contributed by atoms with Crippen LogP contribution in [0.2, 0.25) is 0 Å². The molecule has 23 heavy (non-hydrogen) atoms. The van der Waals surface area contributed by atoms with Crippen molar-refractivity contribution in [3.63, 3.8) is 0 Å². The lowest BCUT2D eigenvalue weighted by atomic mass is 9.78. The summed E-state index contributed by atoms with van der Waals surface area (Å²) in [4.78, 5) is 11.8. The molecule has 1 aliphatic heterocycles. The molecule has 0 saturated heterocycles. The van der Waals surface area contributed by atoms with E-state index in [4.69, 9.17) is 13.9 Å². The summed E-state index contributed by atoms with van der Waals surface area (Å²) < 4.78 is 16.6. The van der Waals surface area contributed by atoms with E-state index < -0.39 is 5.97 Å². The number of carbonyl (C=O) groups excluding carboxylic acids is 1. The third-order valence-electron chi connectivity index (χ3n) is 4.29. The molecule has 4 heteroatoms. The number of furan rings is 1. The first-order chi connectivity index (χ1) is 10.9. The van der Waals surface area contributed by atoms with Crippen LogP contribution in [0.25, 0.3) is 11.3 Å². The molecule has 1 aromatic heterocycles. The summed E-state index contributed by atoms with van der Waals surface area (Å²) in [5, 5.41) is 0. The lowest BCUT2D eigenvalue weighted by molar-refractivity contribution is 0.0491. The first kappa shape index (κ1) is 15.8. The number of hydrogen-bond donors (Lipinski definition) is 0. The van der Waals surface area contributed by atoms with Crippen molar-refractivity contribution in [1.29, 1.82) is 0 Å². The molecule has 0 N–H and O–H groups in total. The van der Waals surface area contributed by atoms with E-state index in [9.17, 15) is 4.79 Å². The van der Waals surface area contributed by atoms with Gasteiger partial charge in [-0.2, -0.15) is 0 Å². The van der Waals surface area contributed by atoms with E-state index in [0.29, 0.717) is 25.6 Å². The second-order valence-corrected chi connectivity index (χ2v) is 6.54. The van der Waals surface area contributed by atoms with Crippen molar-refractivity contribution in [3.8, 4) is 11.3 Å². The molecule has 0 atom stereocenters. The highest BCUT2D eigenvalue weighted by molar-refractivity contribution is 5.87. The topological polar surface area (TPSA) is 48.7 Å². The van der Waals surface area contributed by atoms with Gasteiger partial charge in [0, 0.05) is 11.0 Å². The Morgan fingerprint density at radius 2 is 2.04 bits per heavy atom. The molecular formula is C19H22O4. The lowest BCUT2D eigenvalue weighted by Crippen LogP contribution is -2.30. The summed E-state index contributed by atoms with van der Waals surface area (Å²) in [5.74, 6) is 0.483. The van der Waals surface area contributed by atoms with Gasteiger partial charge in [-0.3, -0.25) is 0 Å². The van der Waals surface area contributed by atoms with Crippen LogP contribution in [0.3, 0.4) is 0 Å². The third kappa shape index (κ3) is 2.79. The van der Waals surface area contributed by atoms with Gasteiger partial charge in [-0.25, -0.2) is 4.79 Å². The minimum absolute atomic E-state index is 0.0351. The number of rotatable bonds is 3. The Morgan fingerprint density at radius 3 is 2.78 bits per heavy atom. The molecule has 0 spiro atoms. The molecule has 0 fully saturated rings. The number of aryl methyl sites for hydroxylation is 1. The van der Waals surface area contributed by atoms with Crippen LogP contribution in [0.5, 0.6) is 0 Å². The highest BCUT2D eigenvalue weighted by Crippen LogP contribution is 2.39. The molecule has 4 nitrogen and oxygen atoms in total. The fraction of sp³-hybridized carbons (Fsp3) is 0.421. The average Bonchev–Trinajstić information content (AvgIpc) is 2.96. The number of carbonyl (C=O) groups is 1. The monoisotopic (exact) mass is 314 g/mol. The van der Waals surface area contributed by atoms with Crippen molar-refractivity contribution in [2.75, 3.05) is 13.2 Å². The van der Waals surface area contributed by atoms with Crippen molar-refractivity contribution < 1.29 is 18.7 Å². The van der Waals surface area contributed by atoms with E-state index >= 15 is 0 Å². The van der Waals surface area contributed by atoms with Crippen molar-refractivity contribution in [2.24, 2.45) is 0 Å². The summed E-state index contributed by atoms with van der Waals surface area (Å²) in [6, 6.07) is 7.77. The second-order valence-electron chi connectivity index (χ2n) is 6.54. The maximum absolute atomic E-state index is 11.8. The maximum Gasteiger partial charge on any atom is 0.374 e. The van der Waals surface area contributed by atoms with E-state index in [1.54, 1.807) is 13.0 Å². The van der Waals surface area contributed by atoms with Gasteiger partial charge in [-0.05, 0) is 42.7 Å². The second kappa shape index (κ2) is 5.85. The highest BCUT2D eigenvalue weighted by Gasteiger charge is 2.31. The van der Waals surface area contributed by atoms with E-state index in [2.05, 4.69) is 26.0 Å². The van der Waals surface area contributed by atoms with Gasteiger partial charge in [-0.1, -0.05) is 26.0 Å². The Morgan fingerprint density at radius 1 is 1.26 bits per heavy atom. The zero-order valence-electron chi connectivity index (χ0n) is 14.1. The summed E-state index contributed by atoms with van der Waals surface area (Å²) >= 11 is 0. The zero-order valence-corrected chi connectivity index (χ0v) is 14.1. The van der Waals surface area contributed by atoms with Crippen molar-refractivity contribution >= 4 is 5.97 Å². The fourth-order valence-electron chi connectivity index (χ4n) is 3.16. The minimum atomic E-state index is -0.433. The number of esters is 1. The predicted octanol–water partition coefficient (Wildman–Crippen LogP) is 4.24. The number of hydrogen-bond acceptors (Lipinski definition) is 4.